The lowest BCUT2D eigenvalue weighted by Crippen LogP contribution is -2.62. The van der Waals surface area contributed by atoms with Gasteiger partial charge < -0.3 is 5.32 Å². The molecule has 1 aliphatic rings. The Hall–Kier alpha value is -0.450. The number of hydrogen-bond donors (Lipinski definition) is 1. The monoisotopic (exact) mass is 253 g/mol. The van der Waals surface area contributed by atoms with Crippen LogP contribution in [0.5, 0.6) is 0 Å². The fraction of sp³-hybridized carbons (Fsp3) is 0.769. The lowest BCUT2D eigenvalue weighted by atomic mass is 9.93. The second kappa shape index (κ2) is 5.46. The van der Waals surface area contributed by atoms with Gasteiger partial charge in [-0.1, -0.05) is 6.92 Å². The van der Waals surface area contributed by atoms with Gasteiger partial charge in [0, 0.05) is 43.0 Å². The molecule has 2 rings (SSSR count). The minimum Gasteiger partial charge on any atom is -0.309 e. The van der Waals surface area contributed by atoms with Gasteiger partial charge in [0.25, 0.3) is 0 Å². The van der Waals surface area contributed by atoms with Gasteiger partial charge in [0.2, 0.25) is 0 Å². The molecule has 1 aromatic rings. The first kappa shape index (κ1) is 13.0. The highest BCUT2D eigenvalue weighted by atomic mass is 32.1. The van der Waals surface area contributed by atoms with Crippen molar-refractivity contribution < 1.29 is 0 Å². The maximum absolute atomic E-state index is 4.36. The number of piperazine rings is 1. The highest BCUT2D eigenvalue weighted by Gasteiger charge is 2.32. The maximum Gasteiger partial charge on any atom is 0.0794 e. The molecule has 1 aromatic heterocycles. The first-order valence-electron chi connectivity index (χ1n) is 6.49. The van der Waals surface area contributed by atoms with Gasteiger partial charge in [-0.2, -0.15) is 0 Å². The molecule has 1 saturated heterocycles. The van der Waals surface area contributed by atoms with E-state index < -0.39 is 0 Å². The Bertz CT molecular complexity index is 338. The van der Waals surface area contributed by atoms with Crippen LogP contribution >= 0.6 is 11.3 Å². The molecule has 1 fully saturated rings. The van der Waals surface area contributed by atoms with E-state index in [2.05, 4.69) is 41.4 Å². The fourth-order valence-corrected chi connectivity index (χ4v) is 2.93. The van der Waals surface area contributed by atoms with Gasteiger partial charge in [0.15, 0.2) is 0 Å². The Kier molecular flexibility index (Phi) is 4.17. The van der Waals surface area contributed by atoms with E-state index in [4.69, 9.17) is 0 Å². The van der Waals surface area contributed by atoms with Crippen molar-refractivity contribution in [1.82, 2.24) is 15.2 Å². The third-order valence-corrected chi connectivity index (χ3v) is 4.55. The van der Waals surface area contributed by atoms with Gasteiger partial charge in [0.1, 0.15) is 0 Å². The maximum atomic E-state index is 4.36. The van der Waals surface area contributed by atoms with Gasteiger partial charge in [0.05, 0.1) is 11.2 Å². The molecule has 3 nitrogen and oxygen atoms in total. The molecule has 0 spiro atoms. The van der Waals surface area contributed by atoms with Crippen molar-refractivity contribution in [3.05, 3.63) is 16.6 Å². The van der Waals surface area contributed by atoms with E-state index in [1.807, 2.05) is 5.51 Å². The van der Waals surface area contributed by atoms with Crippen molar-refractivity contribution in [2.45, 2.75) is 45.2 Å². The minimum atomic E-state index is 0.286. The molecule has 2 atom stereocenters. The van der Waals surface area contributed by atoms with Crippen molar-refractivity contribution in [3.63, 3.8) is 0 Å². The number of rotatable bonds is 4. The molecule has 0 bridgehead atoms. The first-order valence-corrected chi connectivity index (χ1v) is 7.43. The van der Waals surface area contributed by atoms with Crippen LogP contribution in [0.4, 0.5) is 0 Å². The highest BCUT2D eigenvalue weighted by Crippen LogP contribution is 2.19. The smallest absolute Gasteiger partial charge is 0.0794 e. The lowest BCUT2D eigenvalue weighted by Gasteiger charge is -2.45. The molecule has 1 N–H and O–H groups in total. The minimum absolute atomic E-state index is 0.286. The summed E-state index contributed by atoms with van der Waals surface area (Å²) in [7, 11) is 0. The zero-order valence-corrected chi connectivity index (χ0v) is 11.9. The summed E-state index contributed by atoms with van der Waals surface area (Å²) in [6.45, 7) is 10.3. The summed E-state index contributed by atoms with van der Waals surface area (Å²) in [6, 6.07) is 0.633. The Morgan fingerprint density at radius 1 is 1.65 bits per heavy atom. The first-order chi connectivity index (χ1) is 8.13. The Labute approximate surface area is 108 Å². The predicted molar refractivity (Wildman–Crippen MR) is 73.6 cm³/mol. The molecule has 2 unspecified atom stereocenters. The third kappa shape index (κ3) is 3.27. The average molecular weight is 253 g/mol. The SMILES string of the molecule is CCC1(C)CN(CCc2cscn2)C(C)CN1. The Morgan fingerprint density at radius 3 is 3.12 bits per heavy atom. The zero-order valence-electron chi connectivity index (χ0n) is 11.1. The number of nitrogens with zero attached hydrogens (tertiary/aromatic N) is 2. The summed E-state index contributed by atoms with van der Waals surface area (Å²) in [5, 5.41) is 5.82. The van der Waals surface area contributed by atoms with Crippen LogP contribution in [0.3, 0.4) is 0 Å². The van der Waals surface area contributed by atoms with Crippen LogP contribution in [0.1, 0.15) is 32.9 Å². The summed E-state index contributed by atoms with van der Waals surface area (Å²) in [5.74, 6) is 0. The molecule has 0 aliphatic carbocycles. The number of hydrogen-bond acceptors (Lipinski definition) is 4. The predicted octanol–water partition coefficient (Wildman–Crippen LogP) is 2.15. The average Bonchev–Trinajstić information content (AvgIpc) is 2.84. The van der Waals surface area contributed by atoms with Crippen LogP contribution in [0.2, 0.25) is 0 Å². The summed E-state index contributed by atoms with van der Waals surface area (Å²) in [6.07, 6.45) is 2.26. The molecule has 4 heteroatoms. The number of aromatic nitrogens is 1. The molecule has 1 aliphatic heterocycles. The highest BCUT2D eigenvalue weighted by molar-refractivity contribution is 7.07. The molecular weight excluding hydrogens is 230 g/mol. The van der Waals surface area contributed by atoms with Crippen LogP contribution in [-0.2, 0) is 6.42 Å². The van der Waals surface area contributed by atoms with E-state index in [-0.39, 0.29) is 5.54 Å². The number of nitrogens with one attached hydrogen (secondary N) is 1. The Balaban J connectivity index is 1.89. The van der Waals surface area contributed by atoms with E-state index in [1.165, 1.54) is 12.1 Å². The molecule has 0 amide bonds. The van der Waals surface area contributed by atoms with E-state index in [0.717, 1.165) is 26.1 Å². The molecule has 0 radical (unpaired) electrons. The summed E-state index contributed by atoms with van der Waals surface area (Å²) < 4.78 is 0. The van der Waals surface area contributed by atoms with Crippen molar-refractivity contribution in [2.75, 3.05) is 19.6 Å². The van der Waals surface area contributed by atoms with Crippen LogP contribution in [0.15, 0.2) is 10.9 Å². The van der Waals surface area contributed by atoms with Crippen molar-refractivity contribution in [3.8, 4) is 0 Å². The zero-order chi connectivity index (χ0) is 12.3. The van der Waals surface area contributed by atoms with Crippen LogP contribution in [-0.4, -0.2) is 41.1 Å². The largest absolute Gasteiger partial charge is 0.309 e. The lowest BCUT2D eigenvalue weighted by molar-refractivity contribution is 0.0942. The van der Waals surface area contributed by atoms with E-state index >= 15 is 0 Å². The van der Waals surface area contributed by atoms with Gasteiger partial charge >= 0.3 is 0 Å². The Morgan fingerprint density at radius 2 is 2.47 bits per heavy atom. The standard InChI is InChI=1S/C13H23N3S/c1-4-13(3)9-16(11(2)7-15-13)6-5-12-8-17-10-14-12/h8,10-11,15H,4-7,9H2,1-3H3. The molecule has 96 valence electrons. The normalized spacial score (nSPS) is 30.6. The van der Waals surface area contributed by atoms with Crippen LogP contribution < -0.4 is 5.32 Å². The summed E-state index contributed by atoms with van der Waals surface area (Å²) in [5.41, 5.74) is 3.44. The van der Waals surface area contributed by atoms with Gasteiger partial charge in [-0.25, -0.2) is 4.98 Å². The van der Waals surface area contributed by atoms with Crippen molar-refractivity contribution in [2.24, 2.45) is 0 Å². The molecule has 17 heavy (non-hydrogen) atoms. The van der Waals surface area contributed by atoms with E-state index in [1.54, 1.807) is 11.3 Å². The van der Waals surface area contributed by atoms with Crippen LogP contribution in [0.25, 0.3) is 0 Å². The second-order valence-corrected chi connectivity index (χ2v) is 6.06. The van der Waals surface area contributed by atoms with E-state index in [9.17, 15) is 0 Å². The summed E-state index contributed by atoms with van der Waals surface area (Å²) >= 11 is 1.69. The summed E-state index contributed by atoms with van der Waals surface area (Å²) in [4.78, 5) is 6.95. The van der Waals surface area contributed by atoms with E-state index in [0.29, 0.717) is 6.04 Å². The molecule has 0 saturated carbocycles. The third-order valence-electron chi connectivity index (χ3n) is 3.92. The van der Waals surface area contributed by atoms with Gasteiger partial charge in [-0.3, -0.25) is 4.90 Å². The topological polar surface area (TPSA) is 28.2 Å². The second-order valence-electron chi connectivity index (χ2n) is 5.34. The quantitative estimate of drug-likeness (QED) is 0.891. The van der Waals surface area contributed by atoms with Crippen LogP contribution in [0, 0.1) is 0 Å². The van der Waals surface area contributed by atoms with Crippen molar-refractivity contribution in [1.29, 1.82) is 0 Å². The van der Waals surface area contributed by atoms with Crippen molar-refractivity contribution >= 4 is 11.3 Å². The molecule has 2 heterocycles. The van der Waals surface area contributed by atoms with Gasteiger partial charge in [-0.15, -0.1) is 11.3 Å². The fourth-order valence-electron chi connectivity index (χ4n) is 2.34. The number of thiazole rings is 1. The molecule has 0 aromatic carbocycles. The van der Waals surface area contributed by atoms with Gasteiger partial charge in [-0.05, 0) is 20.3 Å². The molecular formula is C13H23N3S.